The maximum absolute atomic E-state index is 6.37. The highest BCUT2D eigenvalue weighted by Crippen LogP contribution is 2.30. The van der Waals surface area contributed by atoms with E-state index in [0.717, 1.165) is 17.9 Å². The summed E-state index contributed by atoms with van der Waals surface area (Å²) in [6, 6.07) is 4.34. The molecule has 2 rings (SSSR count). The molecular formula is C15H24N2O. The lowest BCUT2D eigenvalue weighted by Gasteiger charge is -2.23. The molecule has 0 amide bonds. The number of nitrogens with two attached hydrogens (primary N) is 1. The Labute approximate surface area is 110 Å². The Morgan fingerprint density at radius 3 is 2.56 bits per heavy atom. The normalized spacial score (nSPS) is 18.0. The van der Waals surface area contributed by atoms with Crippen molar-refractivity contribution in [2.24, 2.45) is 5.73 Å². The van der Waals surface area contributed by atoms with Crippen LogP contribution >= 0.6 is 0 Å². The van der Waals surface area contributed by atoms with Crippen LogP contribution in [0.5, 0.6) is 5.75 Å². The van der Waals surface area contributed by atoms with E-state index in [1.165, 1.54) is 37.1 Å². The van der Waals surface area contributed by atoms with Crippen molar-refractivity contribution in [3.8, 4) is 5.75 Å². The number of nitrogens with zero attached hydrogens (tertiary/aromatic N) is 1. The molecule has 1 fully saturated rings. The highest BCUT2D eigenvalue weighted by Gasteiger charge is 2.19. The zero-order valence-corrected chi connectivity index (χ0v) is 11.7. The number of benzene rings is 1. The molecule has 1 aromatic rings. The minimum atomic E-state index is 0.0386. The van der Waals surface area contributed by atoms with Crippen molar-refractivity contribution in [1.82, 2.24) is 4.90 Å². The van der Waals surface area contributed by atoms with E-state index < -0.39 is 0 Å². The lowest BCUT2D eigenvalue weighted by atomic mass is 9.99. The number of rotatable bonds is 4. The summed E-state index contributed by atoms with van der Waals surface area (Å²) < 4.78 is 5.52. The third-order valence-electron chi connectivity index (χ3n) is 3.70. The van der Waals surface area contributed by atoms with Crippen LogP contribution in [-0.2, 0) is 0 Å². The van der Waals surface area contributed by atoms with Gasteiger partial charge in [0.05, 0.1) is 7.11 Å². The average molecular weight is 248 g/mol. The Hall–Kier alpha value is -1.06. The summed E-state index contributed by atoms with van der Waals surface area (Å²) in [6.45, 7) is 7.48. The van der Waals surface area contributed by atoms with Gasteiger partial charge in [-0.2, -0.15) is 0 Å². The van der Waals surface area contributed by atoms with Gasteiger partial charge in [0, 0.05) is 18.2 Å². The van der Waals surface area contributed by atoms with Crippen LogP contribution < -0.4 is 10.5 Å². The first-order valence-electron chi connectivity index (χ1n) is 6.75. The molecule has 3 heteroatoms. The molecule has 0 saturated carbocycles. The van der Waals surface area contributed by atoms with E-state index in [-0.39, 0.29) is 6.04 Å². The monoisotopic (exact) mass is 248 g/mol. The first-order chi connectivity index (χ1) is 8.61. The molecular weight excluding hydrogens is 224 g/mol. The largest absolute Gasteiger partial charge is 0.496 e. The predicted molar refractivity (Wildman–Crippen MR) is 75.1 cm³/mol. The minimum Gasteiger partial charge on any atom is -0.496 e. The van der Waals surface area contributed by atoms with Gasteiger partial charge in [-0.3, -0.25) is 0 Å². The highest BCUT2D eigenvalue weighted by molar-refractivity contribution is 5.45. The van der Waals surface area contributed by atoms with E-state index in [1.807, 2.05) is 0 Å². The molecule has 1 aliphatic rings. The number of aryl methyl sites for hydroxylation is 2. The summed E-state index contributed by atoms with van der Waals surface area (Å²) in [7, 11) is 1.73. The maximum atomic E-state index is 6.37. The molecule has 0 bridgehead atoms. The van der Waals surface area contributed by atoms with Gasteiger partial charge in [0.1, 0.15) is 5.75 Å². The first-order valence-corrected chi connectivity index (χ1v) is 6.75. The zero-order chi connectivity index (χ0) is 13.1. The van der Waals surface area contributed by atoms with Gasteiger partial charge < -0.3 is 15.4 Å². The Morgan fingerprint density at radius 1 is 1.28 bits per heavy atom. The fourth-order valence-corrected chi connectivity index (χ4v) is 2.88. The van der Waals surface area contributed by atoms with Gasteiger partial charge in [-0.15, -0.1) is 0 Å². The van der Waals surface area contributed by atoms with E-state index in [1.54, 1.807) is 7.11 Å². The standard InChI is InChI=1S/C15H24N2O/c1-11-8-12(2)15(18-3)13(9-11)14(16)10-17-6-4-5-7-17/h8-9,14H,4-7,10,16H2,1-3H3. The van der Waals surface area contributed by atoms with Gasteiger partial charge >= 0.3 is 0 Å². The summed E-state index contributed by atoms with van der Waals surface area (Å²) in [5, 5.41) is 0. The van der Waals surface area contributed by atoms with Crippen molar-refractivity contribution in [2.45, 2.75) is 32.7 Å². The van der Waals surface area contributed by atoms with Gasteiger partial charge in [-0.05, 0) is 45.3 Å². The van der Waals surface area contributed by atoms with Crippen molar-refractivity contribution < 1.29 is 4.74 Å². The second-order valence-corrected chi connectivity index (χ2v) is 5.32. The van der Waals surface area contributed by atoms with Crippen molar-refractivity contribution in [3.63, 3.8) is 0 Å². The summed E-state index contributed by atoms with van der Waals surface area (Å²) in [6.07, 6.45) is 2.60. The third-order valence-corrected chi connectivity index (χ3v) is 3.70. The van der Waals surface area contributed by atoms with E-state index in [4.69, 9.17) is 10.5 Å². The van der Waals surface area contributed by atoms with Crippen LogP contribution in [0, 0.1) is 13.8 Å². The number of hydrogen-bond donors (Lipinski definition) is 1. The smallest absolute Gasteiger partial charge is 0.126 e. The molecule has 0 radical (unpaired) electrons. The molecule has 1 heterocycles. The lowest BCUT2D eigenvalue weighted by Crippen LogP contribution is -2.30. The number of likely N-dealkylation sites (tertiary alicyclic amines) is 1. The number of hydrogen-bond acceptors (Lipinski definition) is 3. The average Bonchev–Trinajstić information content (AvgIpc) is 2.80. The predicted octanol–water partition coefficient (Wildman–Crippen LogP) is 2.41. The van der Waals surface area contributed by atoms with Crippen molar-refractivity contribution in [2.75, 3.05) is 26.7 Å². The van der Waals surface area contributed by atoms with Gasteiger partial charge in [0.25, 0.3) is 0 Å². The van der Waals surface area contributed by atoms with Crippen molar-refractivity contribution in [3.05, 3.63) is 28.8 Å². The maximum Gasteiger partial charge on any atom is 0.126 e. The van der Waals surface area contributed by atoms with Crippen LogP contribution in [0.15, 0.2) is 12.1 Å². The lowest BCUT2D eigenvalue weighted by molar-refractivity contribution is 0.311. The van der Waals surface area contributed by atoms with Crippen LogP contribution in [-0.4, -0.2) is 31.6 Å². The third kappa shape index (κ3) is 2.85. The Bertz CT molecular complexity index is 411. The van der Waals surface area contributed by atoms with Crippen molar-refractivity contribution in [1.29, 1.82) is 0 Å². The van der Waals surface area contributed by atoms with Gasteiger partial charge in [-0.25, -0.2) is 0 Å². The van der Waals surface area contributed by atoms with Gasteiger partial charge in [0.2, 0.25) is 0 Å². The fraction of sp³-hybridized carbons (Fsp3) is 0.600. The second kappa shape index (κ2) is 5.72. The fourth-order valence-electron chi connectivity index (χ4n) is 2.88. The van der Waals surface area contributed by atoms with Gasteiger partial charge in [0.15, 0.2) is 0 Å². The minimum absolute atomic E-state index is 0.0386. The SMILES string of the molecule is COc1c(C)cc(C)cc1C(N)CN1CCCC1. The van der Waals surface area contributed by atoms with Gasteiger partial charge in [-0.1, -0.05) is 17.7 Å². The first kappa shape index (κ1) is 13.4. The molecule has 1 saturated heterocycles. The molecule has 100 valence electrons. The molecule has 0 spiro atoms. The van der Waals surface area contributed by atoms with Crippen LogP contribution in [0.2, 0.25) is 0 Å². The topological polar surface area (TPSA) is 38.5 Å². The Kier molecular flexibility index (Phi) is 4.25. The Morgan fingerprint density at radius 2 is 1.94 bits per heavy atom. The van der Waals surface area contributed by atoms with Crippen LogP contribution in [0.1, 0.15) is 35.6 Å². The quantitative estimate of drug-likeness (QED) is 0.889. The molecule has 1 atom stereocenters. The van der Waals surface area contributed by atoms with E-state index in [0.29, 0.717) is 0 Å². The number of ether oxygens (including phenoxy) is 1. The molecule has 3 nitrogen and oxygen atoms in total. The highest BCUT2D eigenvalue weighted by atomic mass is 16.5. The molecule has 1 unspecified atom stereocenters. The summed E-state index contributed by atoms with van der Waals surface area (Å²) in [5.41, 5.74) is 9.93. The molecule has 0 aliphatic carbocycles. The van der Waals surface area contributed by atoms with Crippen LogP contribution in [0.4, 0.5) is 0 Å². The van der Waals surface area contributed by atoms with Crippen LogP contribution in [0.3, 0.4) is 0 Å². The zero-order valence-electron chi connectivity index (χ0n) is 11.7. The number of methoxy groups -OCH3 is 1. The van der Waals surface area contributed by atoms with E-state index in [2.05, 4.69) is 30.9 Å². The molecule has 2 N–H and O–H groups in total. The Balaban J connectivity index is 2.19. The van der Waals surface area contributed by atoms with Crippen molar-refractivity contribution >= 4 is 0 Å². The summed E-state index contributed by atoms with van der Waals surface area (Å²) in [4.78, 5) is 2.45. The summed E-state index contributed by atoms with van der Waals surface area (Å²) in [5.74, 6) is 0.951. The molecule has 0 aromatic heterocycles. The van der Waals surface area contributed by atoms with E-state index in [9.17, 15) is 0 Å². The summed E-state index contributed by atoms with van der Waals surface area (Å²) >= 11 is 0. The molecule has 1 aliphatic heterocycles. The van der Waals surface area contributed by atoms with Crippen LogP contribution in [0.25, 0.3) is 0 Å². The molecule has 1 aromatic carbocycles. The molecule has 18 heavy (non-hydrogen) atoms. The van der Waals surface area contributed by atoms with E-state index >= 15 is 0 Å². The second-order valence-electron chi connectivity index (χ2n) is 5.32.